The van der Waals surface area contributed by atoms with Gasteiger partial charge in [-0.2, -0.15) is 5.10 Å². The van der Waals surface area contributed by atoms with E-state index >= 15 is 0 Å². The van der Waals surface area contributed by atoms with Crippen LogP contribution in [0.5, 0.6) is 28.9 Å². The Balaban J connectivity index is 2.12. The van der Waals surface area contributed by atoms with Gasteiger partial charge in [-0.25, -0.2) is 0 Å². The molecule has 0 unspecified atom stereocenters. The highest BCUT2D eigenvalue weighted by molar-refractivity contribution is 5.55. The van der Waals surface area contributed by atoms with Crippen molar-refractivity contribution < 1.29 is 14.2 Å². The monoisotopic (exact) mass is 216 g/mol. The van der Waals surface area contributed by atoms with Gasteiger partial charge in [-0.15, -0.1) is 5.10 Å². The van der Waals surface area contributed by atoms with Gasteiger partial charge in [0.2, 0.25) is 5.75 Å². The van der Waals surface area contributed by atoms with Crippen LogP contribution >= 0.6 is 0 Å². The van der Waals surface area contributed by atoms with Crippen LogP contribution in [-0.4, -0.2) is 17.3 Å². The first-order valence-corrected chi connectivity index (χ1v) is 4.73. The standard InChI is InChI=1S/C11H8N2O3/c1-14-9-6-12-13-11-10(9)15-7-4-2-3-5-8(7)16-11/h2-6H,1H3. The van der Waals surface area contributed by atoms with Gasteiger partial charge in [0.15, 0.2) is 17.2 Å². The predicted molar refractivity (Wildman–Crippen MR) is 55.2 cm³/mol. The number of aromatic nitrogens is 2. The molecule has 3 rings (SSSR count). The number of hydrogen-bond acceptors (Lipinski definition) is 5. The van der Waals surface area contributed by atoms with E-state index in [-0.39, 0.29) is 0 Å². The third kappa shape index (κ3) is 1.25. The zero-order chi connectivity index (χ0) is 11.0. The fourth-order valence-electron chi connectivity index (χ4n) is 1.48. The van der Waals surface area contributed by atoms with Crippen molar-refractivity contribution in [3.63, 3.8) is 0 Å². The van der Waals surface area contributed by atoms with Gasteiger partial charge in [0, 0.05) is 0 Å². The van der Waals surface area contributed by atoms with Crippen LogP contribution in [0.2, 0.25) is 0 Å². The molecule has 0 spiro atoms. The van der Waals surface area contributed by atoms with E-state index in [9.17, 15) is 0 Å². The highest BCUT2D eigenvalue weighted by atomic mass is 16.6. The van der Waals surface area contributed by atoms with Crippen molar-refractivity contribution >= 4 is 0 Å². The molecule has 80 valence electrons. The third-order valence-electron chi connectivity index (χ3n) is 2.23. The average molecular weight is 216 g/mol. The summed E-state index contributed by atoms with van der Waals surface area (Å²) in [5, 5.41) is 7.61. The summed E-state index contributed by atoms with van der Waals surface area (Å²) >= 11 is 0. The van der Waals surface area contributed by atoms with E-state index in [1.807, 2.05) is 18.2 Å². The first-order valence-electron chi connectivity index (χ1n) is 4.73. The lowest BCUT2D eigenvalue weighted by atomic mass is 10.3. The summed E-state index contributed by atoms with van der Waals surface area (Å²) in [5.74, 6) is 2.53. The fraction of sp³-hybridized carbons (Fsp3) is 0.0909. The maximum Gasteiger partial charge on any atom is 0.286 e. The Hall–Kier alpha value is -2.30. The van der Waals surface area contributed by atoms with Crippen molar-refractivity contribution in [1.29, 1.82) is 0 Å². The fourth-order valence-corrected chi connectivity index (χ4v) is 1.48. The molecule has 1 aliphatic heterocycles. The zero-order valence-corrected chi connectivity index (χ0v) is 8.51. The van der Waals surface area contributed by atoms with Crippen molar-refractivity contribution in [2.45, 2.75) is 0 Å². The van der Waals surface area contributed by atoms with Crippen molar-refractivity contribution in [1.82, 2.24) is 10.2 Å². The van der Waals surface area contributed by atoms with E-state index in [0.717, 1.165) is 0 Å². The molecule has 0 bridgehead atoms. The van der Waals surface area contributed by atoms with Crippen molar-refractivity contribution in [2.24, 2.45) is 0 Å². The summed E-state index contributed by atoms with van der Waals surface area (Å²) in [6.45, 7) is 0. The Morgan fingerprint density at radius 3 is 2.62 bits per heavy atom. The number of methoxy groups -OCH3 is 1. The molecule has 0 aliphatic carbocycles. The second kappa shape index (κ2) is 3.37. The normalized spacial score (nSPS) is 11.8. The second-order valence-electron chi connectivity index (χ2n) is 3.20. The Labute approximate surface area is 91.6 Å². The SMILES string of the molecule is COc1cnnc2c1Oc1ccccc1O2. The number of rotatable bonds is 1. The number of ether oxygens (including phenoxy) is 3. The number of benzene rings is 1. The number of para-hydroxylation sites is 2. The van der Waals surface area contributed by atoms with Crippen LogP contribution < -0.4 is 14.2 Å². The zero-order valence-electron chi connectivity index (χ0n) is 8.51. The average Bonchev–Trinajstić information content (AvgIpc) is 2.35. The Morgan fingerprint density at radius 1 is 1.12 bits per heavy atom. The first-order chi connectivity index (χ1) is 7.88. The van der Waals surface area contributed by atoms with E-state index in [0.29, 0.717) is 28.9 Å². The van der Waals surface area contributed by atoms with Gasteiger partial charge < -0.3 is 14.2 Å². The van der Waals surface area contributed by atoms with E-state index in [4.69, 9.17) is 14.2 Å². The van der Waals surface area contributed by atoms with Crippen LogP contribution in [0.3, 0.4) is 0 Å². The summed E-state index contributed by atoms with van der Waals surface area (Å²) in [6, 6.07) is 7.35. The molecule has 0 atom stereocenters. The summed E-state index contributed by atoms with van der Waals surface area (Å²) in [6.07, 6.45) is 1.48. The van der Waals surface area contributed by atoms with Gasteiger partial charge in [-0.1, -0.05) is 12.1 Å². The largest absolute Gasteiger partial charge is 0.491 e. The van der Waals surface area contributed by atoms with Gasteiger partial charge in [0.25, 0.3) is 5.88 Å². The summed E-state index contributed by atoms with van der Waals surface area (Å²) < 4.78 is 16.3. The molecular weight excluding hydrogens is 208 g/mol. The van der Waals surface area contributed by atoms with Gasteiger partial charge in [0.05, 0.1) is 13.3 Å². The second-order valence-corrected chi connectivity index (χ2v) is 3.20. The highest BCUT2D eigenvalue weighted by Gasteiger charge is 2.23. The molecule has 1 aromatic heterocycles. The molecule has 5 heteroatoms. The van der Waals surface area contributed by atoms with Crippen LogP contribution in [0.1, 0.15) is 0 Å². The Kier molecular flexibility index (Phi) is 1.89. The summed E-state index contributed by atoms with van der Waals surface area (Å²) in [5.41, 5.74) is 0. The van der Waals surface area contributed by atoms with E-state index in [1.54, 1.807) is 13.2 Å². The van der Waals surface area contributed by atoms with Gasteiger partial charge in [0.1, 0.15) is 0 Å². The first kappa shape index (κ1) is 8.96. The molecule has 1 aliphatic rings. The summed E-state index contributed by atoms with van der Waals surface area (Å²) in [7, 11) is 1.54. The molecule has 5 nitrogen and oxygen atoms in total. The van der Waals surface area contributed by atoms with Gasteiger partial charge in [-0.3, -0.25) is 0 Å². The van der Waals surface area contributed by atoms with Gasteiger partial charge >= 0.3 is 0 Å². The van der Waals surface area contributed by atoms with Crippen molar-refractivity contribution in [3.05, 3.63) is 30.5 Å². The predicted octanol–water partition coefficient (Wildman–Crippen LogP) is 2.38. The van der Waals surface area contributed by atoms with Crippen LogP contribution in [0, 0.1) is 0 Å². The molecule has 0 saturated heterocycles. The molecule has 0 saturated carbocycles. The van der Waals surface area contributed by atoms with Crippen molar-refractivity contribution in [2.75, 3.05) is 7.11 Å². The molecule has 2 aromatic rings. The van der Waals surface area contributed by atoms with E-state index in [2.05, 4.69) is 10.2 Å². The minimum atomic E-state index is 0.318. The molecule has 0 radical (unpaired) electrons. The molecule has 0 N–H and O–H groups in total. The lowest BCUT2D eigenvalue weighted by Crippen LogP contribution is -2.03. The maximum absolute atomic E-state index is 5.65. The van der Waals surface area contributed by atoms with Crippen LogP contribution in [0.15, 0.2) is 30.5 Å². The third-order valence-corrected chi connectivity index (χ3v) is 2.23. The number of fused-ring (bicyclic) bond motifs is 2. The molecule has 0 fully saturated rings. The molecule has 0 amide bonds. The smallest absolute Gasteiger partial charge is 0.286 e. The number of nitrogens with zero attached hydrogens (tertiary/aromatic N) is 2. The quantitative estimate of drug-likeness (QED) is 0.625. The minimum Gasteiger partial charge on any atom is -0.491 e. The minimum absolute atomic E-state index is 0.318. The van der Waals surface area contributed by atoms with Crippen molar-refractivity contribution in [3.8, 4) is 28.9 Å². The van der Waals surface area contributed by atoms with Crippen LogP contribution in [0.4, 0.5) is 0 Å². The van der Waals surface area contributed by atoms with E-state index in [1.165, 1.54) is 6.20 Å². The molecule has 16 heavy (non-hydrogen) atoms. The molecule has 2 heterocycles. The summed E-state index contributed by atoms with van der Waals surface area (Å²) in [4.78, 5) is 0. The maximum atomic E-state index is 5.65. The lowest BCUT2D eigenvalue weighted by Gasteiger charge is -2.19. The van der Waals surface area contributed by atoms with Gasteiger partial charge in [-0.05, 0) is 12.1 Å². The molecule has 1 aromatic carbocycles. The van der Waals surface area contributed by atoms with E-state index < -0.39 is 0 Å². The Morgan fingerprint density at radius 2 is 1.88 bits per heavy atom. The van der Waals surface area contributed by atoms with Crippen LogP contribution in [-0.2, 0) is 0 Å². The van der Waals surface area contributed by atoms with Crippen LogP contribution in [0.25, 0.3) is 0 Å². The Bertz CT molecular complexity index is 543. The lowest BCUT2D eigenvalue weighted by molar-refractivity contribution is 0.314. The topological polar surface area (TPSA) is 53.5 Å². The highest BCUT2D eigenvalue weighted by Crippen LogP contribution is 2.47. The number of hydrogen-bond donors (Lipinski definition) is 0. The molecular formula is C11H8N2O3.